The molecule has 1 unspecified atom stereocenters. The zero-order chi connectivity index (χ0) is 21.0. The topological polar surface area (TPSA) is 49.2 Å². The van der Waals surface area contributed by atoms with Crippen LogP contribution in [-0.2, 0) is 5.75 Å². The van der Waals surface area contributed by atoms with Gasteiger partial charge in [-0.15, -0.1) is 10.2 Å². The molecule has 0 bridgehead atoms. The van der Waals surface area contributed by atoms with E-state index in [1.807, 2.05) is 43.3 Å². The minimum Gasteiger partial charge on any atom is -0.497 e. The van der Waals surface area contributed by atoms with Crippen LogP contribution in [0.3, 0.4) is 0 Å². The van der Waals surface area contributed by atoms with Crippen molar-refractivity contribution < 1.29 is 9.47 Å². The van der Waals surface area contributed by atoms with E-state index in [9.17, 15) is 0 Å². The number of rotatable bonds is 8. The molecule has 0 N–H and O–H groups in total. The predicted octanol–water partition coefficient (Wildman–Crippen LogP) is 6.61. The third kappa shape index (κ3) is 5.38. The molecule has 0 aliphatic carbocycles. The Labute approximate surface area is 185 Å². The van der Waals surface area contributed by atoms with Crippen molar-refractivity contribution in [2.75, 3.05) is 7.11 Å². The summed E-state index contributed by atoms with van der Waals surface area (Å²) in [7, 11) is 1.64. The van der Waals surface area contributed by atoms with E-state index in [-0.39, 0.29) is 12.1 Å². The maximum atomic E-state index is 6.30. The predicted molar refractivity (Wildman–Crippen MR) is 118 cm³/mol. The highest BCUT2D eigenvalue weighted by Gasteiger charge is 2.21. The van der Waals surface area contributed by atoms with E-state index in [4.69, 9.17) is 32.7 Å². The molecule has 0 spiro atoms. The Morgan fingerprint density at radius 1 is 1.00 bits per heavy atom. The lowest BCUT2D eigenvalue weighted by molar-refractivity contribution is 0.207. The summed E-state index contributed by atoms with van der Waals surface area (Å²) in [5.41, 5.74) is 1.00. The van der Waals surface area contributed by atoms with Crippen LogP contribution >= 0.6 is 35.0 Å². The van der Waals surface area contributed by atoms with Gasteiger partial charge in [-0.05, 0) is 62.7 Å². The number of ether oxygens (including phenoxy) is 2. The second-order valence-electron chi connectivity index (χ2n) is 6.76. The number of aromatic nitrogens is 3. The van der Waals surface area contributed by atoms with Crippen LogP contribution in [0.25, 0.3) is 0 Å². The first kappa shape index (κ1) is 21.8. The molecule has 0 aliphatic rings. The first-order valence-electron chi connectivity index (χ1n) is 9.21. The smallest absolute Gasteiger partial charge is 0.191 e. The van der Waals surface area contributed by atoms with Crippen LogP contribution in [0.2, 0.25) is 10.0 Å². The lowest BCUT2D eigenvalue weighted by Gasteiger charge is -2.19. The molecule has 1 aromatic heterocycles. The van der Waals surface area contributed by atoms with Crippen molar-refractivity contribution in [2.45, 2.75) is 43.8 Å². The lowest BCUT2D eigenvalue weighted by atomic mass is 10.2. The fourth-order valence-corrected chi connectivity index (χ4v) is 4.47. The number of benzene rings is 2. The summed E-state index contributed by atoms with van der Waals surface area (Å²) in [5, 5.41) is 10.9. The van der Waals surface area contributed by atoms with E-state index in [0.717, 1.165) is 28.0 Å². The minimum absolute atomic E-state index is 0.185. The van der Waals surface area contributed by atoms with Gasteiger partial charge in [0.2, 0.25) is 0 Å². The van der Waals surface area contributed by atoms with Gasteiger partial charge < -0.3 is 14.0 Å². The van der Waals surface area contributed by atoms with Crippen molar-refractivity contribution in [2.24, 2.45) is 0 Å². The summed E-state index contributed by atoms with van der Waals surface area (Å²) in [6.07, 6.45) is -0.258. The largest absolute Gasteiger partial charge is 0.497 e. The normalized spacial score (nSPS) is 12.2. The number of thioether (sulfide) groups is 1. The molecule has 3 aromatic rings. The van der Waals surface area contributed by atoms with Gasteiger partial charge >= 0.3 is 0 Å². The molecule has 0 radical (unpaired) electrons. The van der Waals surface area contributed by atoms with Crippen molar-refractivity contribution in [1.29, 1.82) is 0 Å². The first-order chi connectivity index (χ1) is 13.9. The van der Waals surface area contributed by atoms with Gasteiger partial charge in [0, 0.05) is 21.8 Å². The van der Waals surface area contributed by atoms with Gasteiger partial charge in [0.1, 0.15) is 11.5 Å². The number of halogens is 2. The van der Waals surface area contributed by atoms with Crippen molar-refractivity contribution in [3.63, 3.8) is 0 Å². The summed E-state index contributed by atoms with van der Waals surface area (Å²) in [6, 6.07) is 13.2. The van der Waals surface area contributed by atoms with Crippen molar-refractivity contribution in [3.05, 3.63) is 63.9 Å². The summed E-state index contributed by atoms with van der Waals surface area (Å²) in [5.74, 6) is 2.99. The molecule has 3 rings (SSSR count). The maximum absolute atomic E-state index is 6.30. The molecular formula is C21H23Cl2N3O2S. The quantitative estimate of drug-likeness (QED) is 0.360. The number of methoxy groups -OCH3 is 1. The van der Waals surface area contributed by atoms with E-state index in [0.29, 0.717) is 15.8 Å². The Kier molecular flexibility index (Phi) is 7.33. The number of nitrogens with zero attached hydrogens (tertiary/aromatic N) is 3. The summed E-state index contributed by atoms with van der Waals surface area (Å²) >= 11 is 13.9. The Bertz CT molecular complexity index is 961. The molecule has 5 nitrogen and oxygen atoms in total. The molecule has 0 saturated heterocycles. The molecule has 154 valence electrons. The van der Waals surface area contributed by atoms with E-state index in [1.165, 1.54) is 0 Å². The molecule has 0 aliphatic heterocycles. The highest BCUT2D eigenvalue weighted by molar-refractivity contribution is 7.98. The Hall–Kier alpha value is -1.89. The third-order valence-corrected chi connectivity index (χ3v) is 5.89. The Balaban J connectivity index is 1.76. The standard InChI is InChI=1S/C21H23Cl2N3O2S/c1-13(2)26-20(14(3)28-18-9-7-17(27-4)8-10-18)24-25-21(26)29-12-15-5-6-16(22)11-19(15)23/h5-11,13-14H,12H2,1-4H3. The van der Waals surface area contributed by atoms with E-state index in [2.05, 4.69) is 28.6 Å². The number of hydrogen-bond donors (Lipinski definition) is 0. The van der Waals surface area contributed by atoms with Crippen LogP contribution in [0.1, 0.15) is 44.3 Å². The molecule has 1 atom stereocenters. The van der Waals surface area contributed by atoms with Gasteiger partial charge in [0.25, 0.3) is 0 Å². The maximum Gasteiger partial charge on any atom is 0.191 e. The molecule has 2 aromatic carbocycles. The van der Waals surface area contributed by atoms with E-state index >= 15 is 0 Å². The Morgan fingerprint density at radius 2 is 1.69 bits per heavy atom. The molecule has 0 fully saturated rings. The summed E-state index contributed by atoms with van der Waals surface area (Å²) < 4.78 is 13.4. The second kappa shape index (κ2) is 9.74. The van der Waals surface area contributed by atoms with Gasteiger partial charge in [0.05, 0.1) is 7.11 Å². The summed E-state index contributed by atoms with van der Waals surface area (Å²) in [4.78, 5) is 0. The fourth-order valence-electron chi connectivity index (χ4n) is 2.84. The van der Waals surface area contributed by atoms with Gasteiger partial charge in [-0.2, -0.15) is 0 Å². The molecule has 0 amide bonds. The summed E-state index contributed by atoms with van der Waals surface area (Å²) in [6.45, 7) is 6.18. The molecule has 1 heterocycles. The van der Waals surface area contributed by atoms with Crippen LogP contribution in [0.15, 0.2) is 47.6 Å². The van der Waals surface area contributed by atoms with Crippen LogP contribution < -0.4 is 9.47 Å². The lowest BCUT2D eigenvalue weighted by Crippen LogP contribution is -2.14. The Morgan fingerprint density at radius 3 is 2.31 bits per heavy atom. The molecular weight excluding hydrogens is 429 g/mol. The van der Waals surface area contributed by atoms with E-state index in [1.54, 1.807) is 24.9 Å². The second-order valence-corrected chi connectivity index (χ2v) is 8.55. The van der Waals surface area contributed by atoms with Crippen molar-refractivity contribution >= 4 is 35.0 Å². The zero-order valence-corrected chi connectivity index (χ0v) is 19.1. The number of hydrogen-bond acceptors (Lipinski definition) is 5. The van der Waals surface area contributed by atoms with Crippen LogP contribution in [0.4, 0.5) is 0 Å². The average Bonchev–Trinajstić information content (AvgIpc) is 3.12. The molecule has 8 heteroatoms. The SMILES string of the molecule is COc1ccc(OC(C)c2nnc(SCc3ccc(Cl)cc3Cl)n2C(C)C)cc1. The third-order valence-electron chi connectivity index (χ3n) is 4.32. The monoisotopic (exact) mass is 451 g/mol. The van der Waals surface area contributed by atoms with Crippen molar-refractivity contribution in [1.82, 2.24) is 14.8 Å². The van der Waals surface area contributed by atoms with Gasteiger partial charge in [-0.25, -0.2) is 0 Å². The minimum atomic E-state index is -0.258. The highest BCUT2D eigenvalue weighted by atomic mass is 35.5. The molecule has 0 saturated carbocycles. The van der Waals surface area contributed by atoms with Gasteiger partial charge in [0.15, 0.2) is 17.1 Å². The van der Waals surface area contributed by atoms with Gasteiger partial charge in [-0.3, -0.25) is 0 Å². The van der Waals surface area contributed by atoms with Gasteiger partial charge in [-0.1, -0.05) is 41.0 Å². The first-order valence-corrected chi connectivity index (χ1v) is 11.0. The molecule has 29 heavy (non-hydrogen) atoms. The fraction of sp³-hybridized carbons (Fsp3) is 0.333. The van der Waals surface area contributed by atoms with Crippen LogP contribution in [0, 0.1) is 0 Å². The van der Waals surface area contributed by atoms with Crippen LogP contribution in [0.5, 0.6) is 11.5 Å². The zero-order valence-electron chi connectivity index (χ0n) is 16.7. The van der Waals surface area contributed by atoms with E-state index < -0.39 is 0 Å². The average molecular weight is 452 g/mol. The van der Waals surface area contributed by atoms with Crippen LogP contribution in [-0.4, -0.2) is 21.9 Å². The van der Waals surface area contributed by atoms with Crippen molar-refractivity contribution in [3.8, 4) is 11.5 Å². The highest BCUT2D eigenvalue weighted by Crippen LogP contribution is 2.32.